The molecule has 0 radical (unpaired) electrons. The lowest BCUT2D eigenvalue weighted by molar-refractivity contribution is -0.0443. The quantitative estimate of drug-likeness (QED) is 0.566. The first-order chi connectivity index (χ1) is 16.5. The van der Waals surface area contributed by atoms with Gasteiger partial charge in [-0.2, -0.15) is 10.2 Å². The monoisotopic (exact) mass is 466 g/mol. The molecule has 1 saturated heterocycles. The number of anilines is 1. The van der Waals surface area contributed by atoms with Gasteiger partial charge in [0.2, 0.25) is 11.7 Å². The van der Waals surface area contributed by atoms with Crippen molar-refractivity contribution in [2.75, 3.05) is 45.9 Å². The van der Waals surface area contributed by atoms with Crippen LogP contribution in [0.1, 0.15) is 43.5 Å². The van der Waals surface area contributed by atoms with E-state index in [-0.39, 0.29) is 16.9 Å². The number of ether oxygens (including phenoxy) is 2. The number of nitriles is 1. The van der Waals surface area contributed by atoms with Crippen LogP contribution in [-0.2, 0) is 10.3 Å². The third kappa shape index (κ3) is 4.34. The summed E-state index contributed by atoms with van der Waals surface area (Å²) in [4.78, 5) is 12.5. The van der Waals surface area contributed by atoms with Crippen LogP contribution in [0.5, 0.6) is 5.88 Å². The molecular weight excluding hydrogens is 432 g/mol. The lowest BCUT2D eigenvalue weighted by Gasteiger charge is -2.48. The van der Waals surface area contributed by atoms with Gasteiger partial charge in [-0.3, -0.25) is 4.90 Å². The van der Waals surface area contributed by atoms with Gasteiger partial charge in [0.05, 0.1) is 13.3 Å². The summed E-state index contributed by atoms with van der Waals surface area (Å²) in [5.74, 6) is 0.337. The van der Waals surface area contributed by atoms with E-state index in [0.717, 1.165) is 32.1 Å². The van der Waals surface area contributed by atoms with E-state index in [1.165, 1.54) is 12.7 Å². The number of aromatic nitrogens is 2. The van der Waals surface area contributed by atoms with Crippen molar-refractivity contribution in [3.05, 3.63) is 47.9 Å². The summed E-state index contributed by atoms with van der Waals surface area (Å²) >= 11 is 0. The number of nitrogens with one attached hydrogen (secondary N) is 1. The van der Waals surface area contributed by atoms with Crippen molar-refractivity contribution in [2.24, 2.45) is 0 Å². The SMILES string of the molecule is CNC1(c2ccccc2)CCC2(CC1)CN(c1cnc(C#N)nc1OC)C(O)N2CCCOC. The minimum absolute atomic E-state index is 0.0419. The molecule has 1 aromatic carbocycles. The fourth-order valence-electron chi connectivity index (χ4n) is 5.63. The zero-order chi connectivity index (χ0) is 24.2. The molecule has 1 atom stereocenters. The zero-order valence-electron chi connectivity index (χ0n) is 20.2. The molecule has 2 aliphatic rings. The molecule has 34 heavy (non-hydrogen) atoms. The molecule has 9 heteroatoms. The molecule has 1 aromatic heterocycles. The average Bonchev–Trinajstić information content (AvgIpc) is 3.16. The predicted molar refractivity (Wildman–Crippen MR) is 128 cm³/mol. The fourth-order valence-corrected chi connectivity index (χ4v) is 5.63. The lowest BCUT2D eigenvalue weighted by Crippen LogP contribution is -2.56. The summed E-state index contributed by atoms with van der Waals surface area (Å²) in [5, 5.41) is 24.3. The Morgan fingerprint density at radius 1 is 1.21 bits per heavy atom. The maximum Gasteiger partial charge on any atom is 0.241 e. The minimum Gasteiger partial charge on any atom is -0.479 e. The lowest BCUT2D eigenvalue weighted by atomic mass is 9.69. The van der Waals surface area contributed by atoms with Gasteiger partial charge in [0.1, 0.15) is 11.8 Å². The molecule has 2 aromatic rings. The molecule has 1 spiro atoms. The number of hydrogen-bond donors (Lipinski definition) is 2. The van der Waals surface area contributed by atoms with Crippen molar-refractivity contribution in [1.82, 2.24) is 20.2 Å². The molecule has 0 amide bonds. The molecule has 1 unspecified atom stereocenters. The molecule has 1 aliphatic carbocycles. The van der Waals surface area contributed by atoms with E-state index in [2.05, 4.69) is 44.5 Å². The number of hydrogen-bond acceptors (Lipinski definition) is 9. The minimum atomic E-state index is -0.846. The van der Waals surface area contributed by atoms with E-state index in [0.29, 0.717) is 31.3 Å². The topological polar surface area (TPSA) is 107 Å². The first-order valence-corrected chi connectivity index (χ1v) is 11.8. The fraction of sp³-hybridized carbons (Fsp3) is 0.560. The summed E-state index contributed by atoms with van der Waals surface area (Å²) in [6, 6.07) is 12.6. The van der Waals surface area contributed by atoms with Crippen LogP contribution in [0.15, 0.2) is 36.5 Å². The second kappa shape index (κ2) is 10.2. The largest absolute Gasteiger partial charge is 0.479 e. The number of aliphatic hydroxyl groups excluding tert-OH is 1. The van der Waals surface area contributed by atoms with Crippen LogP contribution in [0, 0.1) is 11.3 Å². The number of methoxy groups -OCH3 is 2. The highest BCUT2D eigenvalue weighted by Gasteiger charge is 2.54. The number of benzene rings is 1. The zero-order valence-corrected chi connectivity index (χ0v) is 20.2. The van der Waals surface area contributed by atoms with E-state index in [9.17, 15) is 10.4 Å². The van der Waals surface area contributed by atoms with Crippen molar-refractivity contribution in [3.8, 4) is 11.9 Å². The molecule has 2 heterocycles. The summed E-state index contributed by atoms with van der Waals surface area (Å²) < 4.78 is 10.8. The van der Waals surface area contributed by atoms with Crippen LogP contribution in [0.3, 0.4) is 0 Å². The van der Waals surface area contributed by atoms with Gasteiger partial charge in [-0.15, -0.1) is 0 Å². The summed E-state index contributed by atoms with van der Waals surface area (Å²) in [6.07, 6.45) is 5.29. The second-order valence-corrected chi connectivity index (χ2v) is 9.14. The number of rotatable bonds is 8. The van der Waals surface area contributed by atoms with E-state index in [4.69, 9.17) is 9.47 Å². The Bertz CT molecular complexity index is 1000. The van der Waals surface area contributed by atoms with Gasteiger partial charge in [-0.05, 0) is 44.7 Å². The van der Waals surface area contributed by atoms with Crippen molar-refractivity contribution in [3.63, 3.8) is 0 Å². The van der Waals surface area contributed by atoms with Crippen molar-refractivity contribution in [1.29, 1.82) is 5.26 Å². The van der Waals surface area contributed by atoms with Crippen LogP contribution in [0.4, 0.5) is 5.69 Å². The summed E-state index contributed by atoms with van der Waals surface area (Å²) in [7, 11) is 5.25. The smallest absolute Gasteiger partial charge is 0.241 e. The molecule has 2 fully saturated rings. The van der Waals surface area contributed by atoms with Gasteiger partial charge in [0.25, 0.3) is 0 Å². The Morgan fingerprint density at radius 2 is 1.94 bits per heavy atom. The van der Waals surface area contributed by atoms with Crippen LogP contribution >= 0.6 is 0 Å². The van der Waals surface area contributed by atoms with Crippen molar-refractivity contribution in [2.45, 2.75) is 49.5 Å². The molecule has 1 saturated carbocycles. The predicted octanol–water partition coefficient (Wildman–Crippen LogP) is 2.22. The molecule has 1 aliphatic heterocycles. The highest BCUT2D eigenvalue weighted by atomic mass is 16.5. The van der Waals surface area contributed by atoms with E-state index < -0.39 is 6.35 Å². The molecule has 0 bridgehead atoms. The molecule has 2 N–H and O–H groups in total. The number of nitrogens with zero attached hydrogens (tertiary/aromatic N) is 5. The summed E-state index contributed by atoms with van der Waals surface area (Å²) in [6.45, 7) is 1.97. The van der Waals surface area contributed by atoms with E-state index in [1.807, 2.05) is 24.1 Å². The van der Waals surface area contributed by atoms with E-state index >= 15 is 0 Å². The first-order valence-electron chi connectivity index (χ1n) is 11.8. The normalized spacial score (nSPS) is 27.1. The van der Waals surface area contributed by atoms with Gasteiger partial charge >= 0.3 is 0 Å². The maximum absolute atomic E-state index is 11.5. The standard InChI is InChI=1S/C25H34N6O3/c1-27-25(19-8-5-4-6-9-19)12-10-24(11-13-25)18-30(23(32)31(24)14-7-15-33-2)20-17-28-21(16-26)29-22(20)34-3/h4-6,8-9,17,23,27,32H,7,10-15,18H2,1-3H3. The van der Waals surface area contributed by atoms with Crippen LogP contribution in [0.25, 0.3) is 0 Å². The van der Waals surface area contributed by atoms with Gasteiger partial charge in [0, 0.05) is 37.9 Å². The van der Waals surface area contributed by atoms with Crippen LogP contribution in [-0.4, -0.2) is 72.8 Å². The van der Waals surface area contributed by atoms with Gasteiger partial charge in [-0.25, -0.2) is 4.98 Å². The number of aliphatic hydroxyl groups is 1. The Kier molecular flexibility index (Phi) is 7.33. The first kappa shape index (κ1) is 24.4. The average molecular weight is 467 g/mol. The molecule has 9 nitrogen and oxygen atoms in total. The van der Waals surface area contributed by atoms with Gasteiger partial charge < -0.3 is 24.8 Å². The Hall–Kier alpha value is -2.77. The van der Waals surface area contributed by atoms with Crippen molar-refractivity contribution < 1.29 is 14.6 Å². The third-order valence-corrected chi connectivity index (χ3v) is 7.56. The van der Waals surface area contributed by atoms with Crippen molar-refractivity contribution >= 4 is 5.69 Å². The Morgan fingerprint density at radius 3 is 2.56 bits per heavy atom. The van der Waals surface area contributed by atoms with Crippen LogP contribution < -0.4 is 15.0 Å². The maximum atomic E-state index is 11.5. The van der Waals surface area contributed by atoms with Gasteiger partial charge in [0.15, 0.2) is 6.35 Å². The van der Waals surface area contributed by atoms with E-state index in [1.54, 1.807) is 13.3 Å². The van der Waals surface area contributed by atoms with Crippen LogP contribution in [0.2, 0.25) is 0 Å². The Balaban J connectivity index is 1.64. The van der Waals surface area contributed by atoms with Gasteiger partial charge in [-0.1, -0.05) is 30.3 Å². The highest BCUT2D eigenvalue weighted by Crippen LogP contribution is 2.48. The molecule has 182 valence electrons. The second-order valence-electron chi connectivity index (χ2n) is 9.14. The molecular formula is C25H34N6O3. The molecule has 4 rings (SSSR count). The Labute approximate surface area is 201 Å². The third-order valence-electron chi connectivity index (χ3n) is 7.56. The summed E-state index contributed by atoms with van der Waals surface area (Å²) in [5.41, 5.74) is 1.60. The highest BCUT2D eigenvalue weighted by molar-refractivity contribution is 5.56.